The number of hydrogen-bond acceptors (Lipinski definition) is 24. The first-order valence-corrected chi connectivity index (χ1v) is 28.3. The van der Waals surface area contributed by atoms with Gasteiger partial charge in [-0.3, -0.25) is 19.2 Å². The van der Waals surface area contributed by atoms with Gasteiger partial charge in [-0.2, -0.15) is 19.9 Å². The number of fused-ring (bicyclic) bond motifs is 2. The molecule has 0 unspecified atom stereocenters. The number of nitrogens with one attached hydrogen (secondary N) is 4. The predicted octanol–water partition coefficient (Wildman–Crippen LogP) is 1.25. The van der Waals surface area contributed by atoms with Gasteiger partial charge in [0.05, 0.1) is 63.3 Å². The van der Waals surface area contributed by atoms with E-state index in [2.05, 4.69) is 66.0 Å². The van der Waals surface area contributed by atoms with Crippen LogP contribution in [-0.2, 0) is 41.7 Å². The number of hydrogen-bond donors (Lipinski definition) is 11. The molecule has 0 radical (unpaired) electrons. The molecular formula is C56H78N20O10. The van der Waals surface area contributed by atoms with Crippen LogP contribution in [0.1, 0.15) is 96.3 Å². The molecule has 0 aliphatic carbocycles. The third kappa shape index (κ3) is 21.4. The van der Waals surface area contributed by atoms with Crippen molar-refractivity contribution in [2.45, 2.75) is 89.4 Å². The molecule has 0 bridgehead atoms. The topological polar surface area (TPSA) is 452 Å². The van der Waals surface area contributed by atoms with Crippen LogP contribution in [0, 0.1) is 0 Å². The number of carbonyl (C=O) groups excluding carboxylic acids is 4. The van der Waals surface area contributed by atoms with Gasteiger partial charge >= 0.3 is 11.9 Å². The summed E-state index contributed by atoms with van der Waals surface area (Å²) in [6, 6.07) is 10.6. The number of unbranched alkanes of at least 4 members (excludes halogenated alkanes) is 4. The zero-order valence-corrected chi connectivity index (χ0v) is 48.5. The lowest BCUT2D eigenvalue weighted by molar-refractivity contribution is -0.140. The Hall–Kier alpha value is -9.26. The van der Waals surface area contributed by atoms with E-state index >= 15 is 0 Å². The number of nitrogens with zero attached hydrogens (tertiary/aromatic N) is 11. The molecule has 2 atom stereocenters. The van der Waals surface area contributed by atoms with Crippen molar-refractivity contribution in [3.05, 3.63) is 83.4 Å². The van der Waals surface area contributed by atoms with Crippen molar-refractivity contribution in [2.24, 2.45) is 5.73 Å². The second kappa shape index (κ2) is 33.9. The van der Waals surface area contributed by atoms with Crippen molar-refractivity contribution in [3.8, 4) is 0 Å². The Morgan fingerprint density at radius 2 is 0.953 bits per heavy atom. The molecule has 462 valence electrons. The summed E-state index contributed by atoms with van der Waals surface area (Å²) in [5.41, 5.74) is 33.1. The first-order valence-electron chi connectivity index (χ1n) is 28.3. The molecule has 0 aliphatic heterocycles. The Bertz CT molecular complexity index is 3010. The molecule has 6 rings (SSSR count). The number of carbonyl (C=O) groups is 6. The van der Waals surface area contributed by atoms with Crippen molar-refractivity contribution in [1.29, 1.82) is 0 Å². The van der Waals surface area contributed by atoms with Gasteiger partial charge in [0.2, 0.25) is 23.7 Å². The van der Waals surface area contributed by atoms with Gasteiger partial charge in [-0.1, -0.05) is 12.8 Å². The van der Waals surface area contributed by atoms with E-state index in [4.69, 9.17) is 38.1 Å². The van der Waals surface area contributed by atoms with E-state index in [1.807, 2.05) is 23.9 Å². The number of aromatic nitrogens is 8. The fourth-order valence-electron chi connectivity index (χ4n) is 8.91. The van der Waals surface area contributed by atoms with E-state index in [1.165, 1.54) is 0 Å². The summed E-state index contributed by atoms with van der Waals surface area (Å²) in [5, 5.41) is 30.5. The smallest absolute Gasteiger partial charge is 0.326 e. The number of ether oxygens (including phenoxy) is 2. The second-order valence-corrected chi connectivity index (χ2v) is 20.3. The Morgan fingerprint density at radius 1 is 0.535 bits per heavy atom. The van der Waals surface area contributed by atoms with Crippen LogP contribution in [0.25, 0.3) is 22.3 Å². The molecule has 6 aromatic rings. The number of amides is 4. The summed E-state index contributed by atoms with van der Waals surface area (Å²) >= 11 is 0. The molecule has 4 heterocycles. The van der Waals surface area contributed by atoms with Crippen molar-refractivity contribution < 1.29 is 48.5 Å². The third-order valence-electron chi connectivity index (χ3n) is 13.6. The highest BCUT2D eigenvalue weighted by atomic mass is 16.5. The number of aliphatic carboxylic acids is 2. The zero-order valence-electron chi connectivity index (χ0n) is 48.5. The van der Waals surface area contributed by atoms with Crippen molar-refractivity contribution >= 4 is 92.8 Å². The molecular weight excluding hydrogens is 1110 g/mol. The maximum absolute atomic E-state index is 13.1. The van der Waals surface area contributed by atoms with Crippen LogP contribution < -0.4 is 59.7 Å². The van der Waals surface area contributed by atoms with E-state index in [-0.39, 0.29) is 83.5 Å². The van der Waals surface area contributed by atoms with Crippen LogP contribution in [0.5, 0.6) is 0 Å². The second-order valence-electron chi connectivity index (χ2n) is 20.3. The highest BCUT2D eigenvalue weighted by Gasteiger charge is 2.24. The van der Waals surface area contributed by atoms with Gasteiger partial charge < -0.3 is 84.3 Å². The van der Waals surface area contributed by atoms with Crippen molar-refractivity contribution in [1.82, 2.24) is 66.0 Å². The van der Waals surface area contributed by atoms with Crippen LogP contribution in [-0.4, -0.2) is 182 Å². The van der Waals surface area contributed by atoms with Gasteiger partial charge in [-0.05, 0) is 100 Å². The number of nitrogens with two attached hydrogens (primary N) is 5. The minimum absolute atomic E-state index is 0.00164. The van der Waals surface area contributed by atoms with Crippen LogP contribution >= 0.6 is 0 Å². The lowest BCUT2D eigenvalue weighted by atomic mass is 10.1. The standard InChI is InChI=1S/C56H78N20O10/c1-74(33-37-31-64-49-45(66-37)47(58)70-55(60)72-49)39-13-9-35(10-14-39)51(79)68-41(53(81)82)17-19-43(77)62-22-5-3-7-24-76(26-28-86-30-29-85-27-21-57)25-8-4-6-23-63-44(78)20-18-42(54(83)84)69-52(80)36-11-15-40(16-12-36)75(2)34-38-32-65-50-46(67-38)48(59)71-56(61)73-50/h9-16,31-32,41-42H,3-8,17-30,33-34,57H2,1-2H3,(H,62,77)(H,63,78)(H,68,79)(H,69,80)(H,81,82)(H,83,84)(H4,58,60,64,70,72)(H4,59,61,65,71,73)/t41-,42-/m0/s1. The Labute approximate surface area is 496 Å². The number of rotatable bonds is 38. The molecule has 0 spiro atoms. The highest BCUT2D eigenvalue weighted by molar-refractivity contribution is 5.98. The Morgan fingerprint density at radius 3 is 1.36 bits per heavy atom. The minimum atomic E-state index is -1.29. The molecule has 0 saturated carbocycles. The van der Waals surface area contributed by atoms with E-state index in [0.29, 0.717) is 101 Å². The highest BCUT2D eigenvalue weighted by Crippen LogP contribution is 2.21. The van der Waals surface area contributed by atoms with E-state index < -0.39 is 35.8 Å². The first kappa shape index (κ1) is 65.9. The minimum Gasteiger partial charge on any atom is -0.480 e. The summed E-state index contributed by atoms with van der Waals surface area (Å²) in [4.78, 5) is 116. The number of carboxylic acid groups (broad SMARTS) is 2. The number of carboxylic acids is 2. The summed E-state index contributed by atoms with van der Waals surface area (Å²) in [7, 11) is 3.65. The fraction of sp³-hybridized carbons (Fsp3) is 0.464. The summed E-state index contributed by atoms with van der Waals surface area (Å²) in [6.07, 6.45) is 7.48. The zero-order chi connectivity index (χ0) is 62.0. The predicted molar refractivity (Wildman–Crippen MR) is 322 cm³/mol. The Balaban J connectivity index is 0.839. The molecule has 4 amide bonds. The SMILES string of the molecule is CN(Cc1cnc2nc(N)nc(N)c2n1)c1ccc(C(=O)N[C@@H](CCC(=O)NCCCCCN(CCCCCNC(=O)CC[C@H](NC(=O)c2ccc(N(C)Cc3cnc4nc(N)nc(N)c4n3)cc2)C(=O)O)CCOCCOCCN)C(=O)O)cc1. The van der Waals surface area contributed by atoms with Crippen molar-refractivity contribution in [2.75, 3.05) is 113 Å². The third-order valence-corrected chi connectivity index (χ3v) is 13.6. The van der Waals surface area contributed by atoms with Gasteiger partial charge in [0.15, 0.2) is 34.0 Å². The molecule has 0 aliphatic rings. The van der Waals surface area contributed by atoms with E-state index in [1.54, 1.807) is 60.9 Å². The lowest BCUT2D eigenvalue weighted by Gasteiger charge is -2.22. The quantitative estimate of drug-likeness (QED) is 0.0243. The van der Waals surface area contributed by atoms with Gasteiger partial charge in [0.1, 0.15) is 12.1 Å². The van der Waals surface area contributed by atoms with Crippen LogP contribution in [0.2, 0.25) is 0 Å². The molecule has 0 fully saturated rings. The molecule has 16 N–H and O–H groups in total. The lowest BCUT2D eigenvalue weighted by Crippen LogP contribution is -2.41. The fourth-order valence-corrected chi connectivity index (χ4v) is 8.91. The maximum atomic E-state index is 13.1. The average Bonchev–Trinajstić information content (AvgIpc) is 2.94. The first-order chi connectivity index (χ1) is 41.4. The maximum Gasteiger partial charge on any atom is 0.326 e. The molecule has 0 saturated heterocycles. The molecule has 86 heavy (non-hydrogen) atoms. The van der Waals surface area contributed by atoms with Crippen LogP contribution in [0.3, 0.4) is 0 Å². The van der Waals surface area contributed by atoms with Gasteiger partial charge in [-0.15, -0.1) is 0 Å². The van der Waals surface area contributed by atoms with Gasteiger partial charge in [0, 0.05) is 75.6 Å². The summed E-state index contributed by atoms with van der Waals surface area (Å²) in [5.74, 6) is -4.12. The Kier molecular flexibility index (Phi) is 26.0. The largest absolute Gasteiger partial charge is 0.480 e. The monoisotopic (exact) mass is 1190 g/mol. The average molecular weight is 1190 g/mol. The van der Waals surface area contributed by atoms with Gasteiger partial charge in [0.25, 0.3) is 11.8 Å². The molecule has 4 aromatic heterocycles. The normalized spacial score (nSPS) is 12.0. The van der Waals surface area contributed by atoms with Crippen LogP contribution in [0.15, 0.2) is 60.9 Å². The molecule has 2 aromatic carbocycles. The van der Waals surface area contributed by atoms with Gasteiger partial charge in [-0.25, -0.2) is 29.5 Å². The van der Waals surface area contributed by atoms with Crippen molar-refractivity contribution in [3.63, 3.8) is 0 Å². The number of anilines is 6. The summed E-state index contributed by atoms with van der Waals surface area (Å²) < 4.78 is 11.2. The number of benzene rings is 2. The van der Waals surface area contributed by atoms with Crippen LogP contribution in [0.4, 0.5) is 34.9 Å². The molecule has 30 nitrogen and oxygen atoms in total. The summed E-state index contributed by atoms with van der Waals surface area (Å²) in [6.45, 7) is 6.05. The van der Waals surface area contributed by atoms with E-state index in [9.17, 15) is 39.0 Å². The van der Waals surface area contributed by atoms with E-state index in [0.717, 1.165) is 50.1 Å². The number of nitrogen functional groups attached to an aromatic ring is 4. The molecule has 30 heteroatoms.